The summed E-state index contributed by atoms with van der Waals surface area (Å²) in [7, 11) is 4.19. The molecule has 0 aliphatic carbocycles. The Bertz CT molecular complexity index is 210. The van der Waals surface area contributed by atoms with Crippen LogP contribution in [0.3, 0.4) is 0 Å². The first-order valence-electron chi connectivity index (χ1n) is 9.70. The van der Waals surface area contributed by atoms with Gasteiger partial charge in [-0.15, -0.1) is 0 Å². The van der Waals surface area contributed by atoms with E-state index in [1.54, 1.807) is 0 Å². The molecule has 0 heterocycles. The minimum absolute atomic E-state index is 0.159. The summed E-state index contributed by atoms with van der Waals surface area (Å²) in [5, 5.41) is 13.3. The molecule has 1 atom stereocenters. The number of aliphatic hydroxyl groups excluding tert-OH is 1. The lowest BCUT2D eigenvalue weighted by Gasteiger charge is -2.13. The number of aliphatic hydroxyl groups is 1. The fourth-order valence-corrected chi connectivity index (χ4v) is 2.76. The largest absolute Gasteiger partial charge is 0.392 e. The zero-order valence-electron chi connectivity index (χ0n) is 15.6. The highest BCUT2D eigenvalue weighted by Gasteiger charge is 2.03. The van der Waals surface area contributed by atoms with Crippen molar-refractivity contribution in [3.05, 3.63) is 0 Å². The van der Waals surface area contributed by atoms with E-state index in [2.05, 4.69) is 31.2 Å². The van der Waals surface area contributed by atoms with Crippen molar-refractivity contribution in [1.29, 1.82) is 0 Å². The Morgan fingerprint density at radius 1 is 0.818 bits per heavy atom. The summed E-state index contributed by atoms with van der Waals surface area (Å²) < 4.78 is 0. The van der Waals surface area contributed by atoms with Gasteiger partial charge in [-0.1, -0.05) is 71.1 Å². The van der Waals surface area contributed by atoms with Gasteiger partial charge in [0.15, 0.2) is 0 Å². The van der Waals surface area contributed by atoms with Crippen LogP contribution in [-0.4, -0.2) is 49.8 Å². The van der Waals surface area contributed by atoms with E-state index in [-0.39, 0.29) is 6.10 Å². The number of nitrogens with one attached hydrogen (secondary N) is 1. The molecular weight excluding hydrogens is 272 g/mol. The molecule has 0 radical (unpaired) electrons. The first-order valence-corrected chi connectivity index (χ1v) is 9.70. The van der Waals surface area contributed by atoms with E-state index in [1.165, 1.54) is 64.2 Å². The highest BCUT2D eigenvalue weighted by molar-refractivity contribution is 4.60. The lowest BCUT2D eigenvalue weighted by Crippen LogP contribution is -2.29. The molecule has 0 spiro atoms. The second-order valence-corrected chi connectivity index (χ2v) is 6.99. The van der Waals surface area contributed by atoms with Crippen LogP contribution in [0.2, 0.25) is 0 Å². The Kier molecular flexibility index (Phi) is 17.1. The Morgan fingerprint density at radius 2 is 1.36 bits per heavy atom. The van der Waals surface area contributed by atoms with Gasteiger partial charge in [-0.3, -0.25) is 0 Å². The van der Waals surface area contributed by atoms with E-state index >= 15 is 0 Å². The van der Waals surface area contributed by atoms with Crippen molar-refractivity contribution >= 4 is 0 Å². The monoisotopic (exact) mass is 314 g/mol. The van der Waals surface area contributed by atoms with E-state index in [1.807, 2.05) is 0 Å². The molecule has 0 rings (SSSR count). The minimum Gasteiger partial charge on any atom is -0.392 e. The quantitative estimate of drug-likeness (QED) is 0.395. The van der Waals surface area contributed by atoms with E-state index in [0.29, 0.717) is 0 Å². The summed E-state index contributed by atoms with van der Waals surface area (Å²) in [6.45, 7) is 5.15. The fourth-order valence-electron chi connectivity index (χ4n) is 2.76. The Hall–Kier alpha value is -0.120. The summed E-state index contributed by atoms with van der Waals surface area (Å²) >= 11 is 0. The number of unbranched alkanes of at least 4 members (excludes halogenated alkanes) is 9. The molecule has 0 aliphatic heterocycles. The summed E-state index contributed by atoms with van der Waals surface area (Å²) in [5.74, 6) is 0. The van der Waals surface area contributed by atoms with Gasteiger partial charge < -0.3 is 15.3 Å². The van der Waals surface area contributed by atoms with Crippen molar-refractivity contribution in [3.8, 4) is 0 Å². The standard InChI is InChI=1S/C19H42N2O/c1-4-5-6-7-8-9-10-11-12-13-15-19(22)18-20-16-14-17-21(2)3/h19-20,22H,4-18H2,1-3H3. The highest BCUT2D eigenvalue weighted by atomic mass is 16.3. The van der Waals surface area contributed by atoms with Crippen LogP contribution in [0.25, 0.3) is 0 Å². The highest BCUT2D eigenvalue weighted by Crippen LogP contribution is 2.11. The molecular formula is C19H42N2O. The second kappa shape index (κ2) is 17.2. The van der Waals surface area contributed by atoms with Crippen LogP contribution >= 0.6 is 0 Å². The molecule has 0 aromatic rings. The SMILES string of the molecule is CCCCCCCCCCCCC(O)CNCCCN(C)C. The fraction of sp³-hybridized carbons (Fsp3) is 1.00. The van der Waals surface area contributed by atoms with Crippen LogP contribution in [0.4, 0.5) is 0 Å². The zero-order chi connectivity index (χ0) is 16.5. The molecule has 0 aromatic carbocycles. The molecule has 22 heavy (non-hydrogen) atoms. The van der Waals surface area contributed by atoms with Gasteiger partial charge in [-0.2, -0.15) is 0 Å². The summed E-state index contributed by atoms with van der Waals surface area (Å²) in [6, 6.07) is 0. The Morgan fingerprint density at radius 3 is 1.91 bits per heavy atom. The van der Waals surface area contributed by atoms with Crippen molar-refractivity contribution in [2.24, 2.45) is 0 Å². The molecule has 0 aliphatic rings. The molecule has 134 valence electrons. The molecule has 2 N–H and O–H groups in total. The van der Waals surface area contributed by atoms with Crippen LogP contribution in [0.1, 0.15) is 84.0 Å². The predicted molar refractivity (Wildman–Crippen MR) is 98.5 cm³/mol. The average Bonchev–Trinajstić information content (AvgIpc) is 2.48. The van der Waals surface area contributed by atoms with Crippen LogP contribution in [0.15, 0.2) is 0 Å². The maximum Gasteiger partial charge on any atom is 0.0664 e. The van der Waals surface area contributed by atoms with E-state index in [0.717, 1.165) is 32.5 Å². The molecule has 0 saturated carbocycles. The summed E-state index contributed by atoms with van der Waals surface area (Å²) in [4.78, 5) is 2.20. The smallest absolute Gasteiger partial charge is 0.0664 e. The van der Waals surface area contributed by atoms with Crippen molar-refractivity contribution < 1.29 is 5.11 Å². The third kappa shape index (κ3) is 17.9. The van der Waals surface area contributed by atoms with Gasteiger partial charge in [0.05, 0.1) is 6.10 Å². The molecule has 0 saturated heterocycles. The molecule has 0 amide bonds. The summed E-state index contributed by atoms with van der Waals surface area (Å²) in [6.07, 6.45) is 15.5. The van der Waals surface area contributed by atoms with Gasteiger partial charge >= 0.3 is 0 Å². The van der Waals surface area contributed by atoms with Crippen molar-refractivity contribution in [2.45, 2.75) is 90.1 Å². The predicted octanol–water partition coefficient (Wildman–Crippen LogP) is 4.20. The van der Waals surface area contributed by atoms with Gasteiger partial charge in [0.2, 0.25) is 0 Å². The first kappa shape index (κ1) is 21.9. The van der Waals surface area contributed by atoms with Gasteiger partial charge in [-0.05, 0) is 40.0 Å². The molecule has 1 unspecified atom stereocenters. The third-order valence-corrected chi connectivity index (χ3v) is 4.23. The molecule has 3 nitrogen and oxygen atoms in total. The Balaban J connectivity index is 3.13. The summed E-state index contributed by atoms with van der Waals surface area (Å²) in [5.41, 5.74) is 0. The topological polar surface area (TPSA) is 35.5 Å². The van der Waals surface area contributed by atoms with Crippen molar-refractivity contribution in [1.82, 2.24) is 10.2 Å². The average molecular weight is 315 g/mol. The van der Waals surface area contributed by atoms with E-state index in [4.69, 9.17) is 0 Å². The van der Waals surface area contributed by atoms with E-state index < -0.39 is 0 Å². The minimum atomic E-state index is -0.159. The van der Waals surface area contributed by atoms with Crippen molar-refractivity contribution in [3.63, 3.8) is 0 Å². The van der Waals surface area contributed by atoms with E-state index in [9.17, 15) is 5.11 Å². The number of nitrogens with zero attached hydrogens (tertiary/aromatic N) is 1. The molecule has 0 aromatic heterocycles. The van der Waals surface area contributed by atoms with Crippen molar-refractivity contribution in [2.75, 3.05) is 33.7 Å². The molecule has 0 fully saturated rings. The first-order chi connectivity index (χ1) is 10.7. The Labute approximate surface area is 139 Å². The third-order valence-electron chi connectivity index (χ3n) is 4.23. The molecule has 3 heteroatoms. The van der Waals surface area contributed by atoms with Crippen LogP contribution in [0.5, 0.6) is 0 Å². The van der Waals surface area contributed by atoms with Gasteiger partial charge in [0, 0.05) is 6.54 Å². The van der Waals surface area contributed by atoms with Gasteiger partial charge in [-0.25, -0.2) is 0 Å². The van der Waals surface area contributed by atoms with Gasteiger partial charge in [0.1, 0.15) is 0 Å². The van der Waals surface area contributed by atoms with Crippen LogP contribution in [-0.2, 0) is 0 Å². The van der Waals surface area contributed by atoms with Crippen LogP contribution in [0, 0.1) is 0 Å². The van der Waals surface area contributed by atoms with Crippen LogP contribution < -0.4 is 5.32 Å². The normalized spacial score (nSPS) is 13.0. The molecule has 0 bridgehead atoms. The maximum absolute atomic E-state index is 9.91. The van der Waals surface area contributed by atoms with Gasteiger partial charge in [0.25, 0.3) is 0 Å². The lowest BCUT2D eigenvalue weighted by atomic mass is 10.0. The maximum atomic E-state index is 9.91. The second-order valence-electron chi connectivity index (χ2n) is 6.99. The number of rotatable bonds is 17. The number of hydrogen-bond donors (Lipinski definition) is 2. The number of hydrogen-bond acceptors (Lipinski definition) is 3. The lowest BCUT2D eigenvalue weighted by molar-refractivity contribution is 0.157. The zero-order valence-corrected chi connectivity index (χ0v) is 15.6.